The molecule has 1 aromatic carbocycles. The van der Waals surface area contributed by atoms with Crippen molar-refractivity contribution in [3.05, 3.63) is 29.8 Å². The van der Waals surface area contributed by atoms with E-state index in [-0.39, 0.29) is 42.8 Å². The van der Waals surface area contributed by atoms with Crippen LogP contribution in [0.1, 0.15) is 43.5 Å². The minimum atomic E-state index is -0.734. The molecule has 4 aliphatic rings. The molecule has 4 fully saturated rings. The predicted octanol–water partition coefficient (Wildman–Crippen LogP) is 1.31. The van der Waals surface area contributed by atoms with Crippen LogP contribution in [0, 0.1) is 5.92 Å². The molecule has 9 heteroatoms. The Bertz CT molecular complexity index is 973. The summed E-state index contributed by atoms with van der Waals surface area (Å²) in [6, 6.07) is 7.06. The largest absolute Gasteiger partial charge is 0.377 e. The Morgan fingerprint density at radius 1 is 1.14 bits per heavy atom. The summed E-state index contributed by atoms with van der Waals surface area (Å²) in [5, 5.41) is 2.97. The second-order valence-electron chi connectivity index (χ2n) is 10.6. The fraction of sp³-hybridized carbons (Fsp3) is 0.667. The highest BCUT2D eigenvalue weighted by atomic mass is 16.5. The molecule has 0 spiro atoms. The minimum absolute atomic E-state index is 0.0126. The van der Waals surface area contributed by atoms with E-state index in [0.29, 0.717) is 12.0 Å². The van der Waals surface area contributed by atoms with E-state index in [0.717, 1.165) is 37.9 Å². The number of rotatable bonds is 8. The van der Waals surface area contributed by atoms with E-state index < -0.39 is 18.2 Å². The number of ether oxygens (including phenoxy) is 2. The first-order chi connectivity index (χ1) is 17.4. The summed E-state index contributed by atoms with van der Waals surface area (Å²) in [5.74, 6) is -0.750. The number of nitrogens with one attached hydrogen (secondary N) is 1. The average molecular weight is 499 g/mol. The molecule has 0 radical (unpaired) electrons. The Morgan fingerprint density at radius 3 is 2.44 bits per heavy atom. The molecule has 5 atom stereocenters. The zero-order valence-electron chi connectivity index (χ0n) is 21.5. The van der Waals surface area contributed by atoms with Gasteiger partial charge >= 0.3 is 0 Å². The number of nitrogens with zero attached hydrogens (tertiary/aromatic N) is 3. The lowest BCUT2D eigenvalue weighted by molar-refractivity contribution is -0.139. The van der Waals surface area contributed by atoms with Crippen LogP contribution in [0.5, 0.6) is 0 Å². The normalized spacial score (nSPS) is 28.2. The maximum absolute atomic E-state index is 13.6. The molecule has 1 saturated carbocycles. The van der Waals surface area contributed by atoms with Gasteiger partial charge in [-0.3, -0.25) is 19.3 Å². The molecule has 0 aromatic heterocycles. The van der Waals surface area contributed by atoms with Crippen molar-refractivity contribution in [1.82, 2.24) is 15.1 Å². The predicted molar refractivity (Wildman–Crippen MR) is 135 cm³/mol. The Balaban J connectivity index is 1.24. The topological polar surface area (TPSA) is 91.4 Å². The molecule has 0 unspecified atom stereocenters. The third-order valence-electron chi connectivity index (χ3n) is 8.36. The van der Waals surface area contributed by atoms with Gasteiger partial charge in [0.05, 0.1) is 6.54 Å². The van der Waals surface area contributed by atoms with Crippen LogP contribution < -0.4 is 10.2 Å². The Hall–Kier alpha value is -2.49. The number of anilines is 1. The molecule has 1 aromatic rings. The second-order valence-corrected chi connectivity index (χ2v) is 10.6. The maximum Gasteiger partial charge on any atom is 0.251 e. The van der Waals surface area contributed by atoms with Crippen LogP contribution in [0.15, 0.2) is 24.3 Å². The van der Waals surface area contributed by atoms with Crippen molar-refractivity contribution in [2.45, 2.75) is 63.4 Å². The lowest BCUT2D eigenvalue weighted by atomic mass is 9.96. The molecule has 1 aliphatic carbocycles. The van der Waals surface area contributed by atoms with Crippen molar-refractivity contribution in [3.63, 3.8) is 0 Å². The van der Waals surface area contributed by atoms with Gasteiger partial charge < -0.3 is 24.6 Å². The smallest absolute Gasteiger partial charge is 0.251 e. The molecule has 0 bridgehead atoms. The van der Waals surface area contributed by atoms with E-state index in [4.69, 9.17) is 9.47 Å². The number of fused-ring (bicyclic) bond motifs is 1. The molecule has 5 rings (SSSR count). The molecular weight excluding hydrogens is 460 g/mol. The highest BCUT2D eigenvalue weighted by molar-refractivity contribution is 5.99. The van der Waals surface area contributed by atoms with Crippen LogP contribution in [0.2, 0.25) is 0 Å². The number of carbonyl (C=O) groups excluding carboxylic acids is 3. The highest BCUT2D eigenvalue weighted by Gasteiger charge is 2.53. The van der Waals surface area contributed by atoms with Crippen molar-refractivity contribution < 1.29 is 23.9 Å². The molecule has 9 nitrogen and oxygen atoms in total. The first-order valence-corrected chi connectivity index (χ1v) is 13.3. The fourth-order valence-electron chi connectivity index (χ4n) is 5.74. The summed E-state index contributed by atoms with van der Waals surface area (Å²) in [4.78, 5) is 45.8. The Labute approximate surface area is 213 Å². The number of Topliss-reactive ketones (excluding diaryl/α,β-unsaturated/α-hetero) is 1. The van der Waals surface area contributed by atoms with E-state index >= 15 is 0 Å². The van der Waals surface area contributed by atoms with E-state index in [1.54, 1.807) is 12.0 Å². The molecule has 36 heavy (non-hydrogen) atoms. The van der Waals surface area contributed by atoms with Crippen LogP contribution >= 0.6 is 0 Å². The van der Waals surface area contributed by atoms with Gasteiger partial charge in [0.2, 0.25) is 5.91 Å². The lowest BCUT2D eigenvalue weighted by Gasteiger charge is -2.36. The van der Waals surface area contributed by atoms with Crippen molar-refractivity contribution in [3.8, 4) is 0 Å². The lowest BCUT2D eigenvalue weighted by Crippen LogP contribution is -2.54. The number of hydrogen-bond donors (Lipinski definition) is 1. The summed E-state index contributed by atoms with van der Waals surface area (Å²) in [6.45, 7) is 8.36. The van der Waals surface area contributed by atoms with Crippen molar-refractivity contribution >= 4 is 23.3 Å². The third-order valence-corrected chi connectivity index (χ3v) is 8.36. The third kappa shape index (κ3) is 4.88. The summed E-state index contributed by atoms with van der Waals surface area (Å²) in [6.07, 6.45) is 2.58. The molecular formula is C27H38N4O5. The van der Waals surface area contributed by atoms with Gasteiger partial charge in [-0.05, 0) is 43.0 Å². The highest BCUT2D eigenvalue weighted by Crippen LogP contribution is 2.31. The number of benzene rings is 1. The number of carbonyl (C=O) groups is 3. The number of hydrogen-bond acceptors (Lipinski definition) is 7. The van der Waals surface area contributed by atoms with Crippen LogP contribution in [-0.4, -0.2) is 104 Å². The first-order valence-electron chi connectivity index (χ1n) is 13.3. The standard InChI is InChI=1S/C27H38N4O5/c1-4-17(2)23(27(34)31-15-22(35-3)25-24(31)21(32)16-36-25)28-26(33)18-5-7-19(8-6-18)29-11-13-30(14-12-29)20-9-10-20/h5-8,17,20,22-25H,4,9-16H2,1-3H3,(H,28,33)/t17-,22-,23-,24+,25+/m0/s1. The van der Waals surface area contributed by atoms with Crippen LogP contribution in [0.3, 0.4) is 0 Å². The van der Waals surface area contributed by atoms with Crippen LogP contribution in [0.25, 0.3) is 0 Å². The van der Waals surface area contributed by atoms with Crippen molar-refractivity contribution in [1.29, 1.82) is 0 Å². The number of ketones is 1. The number of amides is 2. The van der Waals surface area contributed by atoms with Crippen LogP contribution in [-0.2, 0) is 19.1 Å². The first kappa shape index (κ1) is 25.2. The van der Waals surface area contributed by atoms with Gasteiger partial charge in [0.1, 0.15) is 30.9 Å². The summed E-state index contributed by atoms with van der Waals surface area (Å²) in [5.41, 5.74) is 1.64. The molecule has 3 heterocycles. The van der Waals surface area contributed by atoms with Gasteiger partial charge in [-0.25, -0.2) is 0 Å². The molecule has 3 saturated heterocycles. The van der Waals surface area contributed by atoms with Crippen molar-refractivity contribution in [2.75, 3.05) is 51.3 Å². The SMILES string of the molecule is CC[C@H](C)[C@H](NC(=O)c1ccc(N2CCN(C3CC3)CC2)cc1)C(=O)N1C[C@H](OC)[C@H]2OCC(=O)[C@H]21. The van der Waals surface area contributed by atoms with Gasteiger partial charge in [0, 0.05) is 50.6 Å². The van der Waals surface area contributed by atoms with E-state index in [1.165, 1.54) is 12.8 Å². The van der Waals surface area contributed by atoms with Crippen LogP contribution in [0.4, 0.5) is 5.69 Å². The quantitative estimate of drug-likeness (QED) is 0.578. The van der Waals surface area contributed by atoms with Gasteiger partial charge in [-0.1, -0.05) is 20.3 Å². The van der Waals surface area contributed by atoms with E-state index in [1.807, 2.05) is 38.1 Å². The van der Waals surface area contributed by atoms with E-state index in [9.17, 15) is 14.4 Å². The molecule has 1 N–H and O–H groups in total. The number of piperazine rings is 1. The van der Waals surface area contributed by atoms with Gasteiger partial charge in [0.15, 0.2) is 5.78 Å². The summed E-state index contributed by atoms with van der Waals surface area (Å²) in [7, 11) is 1.56. The van der Waals surface area contributed by atoms with Gasteiger partial charge in [-0.15, -0.1) is 0 Å². The zero-order valence-corrected chi connectivity index (χ0v) is 21.5. The zero-order chi connectivity index (χ0) is 25.4. The summed E-state index contributed by atoms with van der Waals surface area (Å²) < 4.78 is 11.1. The van der Waals surface area contributed by atoms with Crippen molar-refractivity contribution in [2.24, 2.45) is 5.92 Å². The summed E-state index contributed by atoms with van der Waals surface area (Å²) >= 11 is 0. The van der Waals surface area contributed by atoms with Gasteiger partial charge in [0.25, 0.3) is 5.91 Å². The number of methoxy groups -OCH3 is 1. The second kappa shape index (κ2) is 10.5. The maximum atomic E-state index is 13.6. The molecule has 2 amide bonds. The number of likely N-dealkylation sites (tertiary alicyclic amines) is 1. The molecule has 3 aliphatic heterocycles. The Morgan fingerprint density at radius 2 is 1.83 bits per heavy atom. The minimum Gasteiger partial charge on any atom is -0.377 e. The monoisotopic (exact) mass is 498 g/mol. The Kier molecular flexibility index (Phi) is 7.32. The van der Waals surface area contributed by atoms with E-state index in [2.05, 4.69) is 15.1 Å². The fourth-order valence-corrected chi connectivity index (χ4v) is 5.74. The molecule has 196 valence electrons. The average Bonchev–Trinajstić information content (AvgIpc) is 3.60. The van der Waals surface area contributed by atoms with Gasteiger partial charge in [-0.2, -0.15) is 0 Å².